The number of aromatic nitrogens is 2. The summed E-state index contributed by atoms with van der Waals surface area (Å²) in [7, 11) is 1.73. The molecule has 0 saturated carbocycles. The Kier molecular flexibility index (Phi) is 4.70. The molecule has 0 aliphatic carbocycles. The number of nitrogens with zero attached hydrogens (tertiary/aromatic N) is 2. The van der Waals surface area contributed by atoms with Crippen molar-refractivity contribution in [3.05, 3.63) is 35.5 Å². The first-order chi connectivity index (χ1) is 10.1. The number of rotatable bonds is 6. The predicted octanol–water partition coefficient (Wildman–Crippen LogP) is 1.88. The van der Waals surface area contributed by atoms with Crippen LogP contribution < -0.4 is 15.2 Å². The number of nitrogen functional groups attached to an aromatic ring is 1. The van der Waals surface area contributed by atoms with Crippen LogP contribution in [0.3, 0.4) is 0 Å². The zero-order valence-corrected chi connectivity index (χ0v) is 12.5. The molecule has 0 fully saturated rings. The normalized spacial score (nSPS) is 12.2. The van der Waals surface area contributed by atoms with Crippen molar-refractivity contribution in [1.82, 2.24) is 9.78 Å². The molecule has 0 amide bonds. The number of anilines is 1. The zero-order valence-electron chi connectivity index (χ0n) is 12.5. The molecule has 1 unspecified atom stereocenters. The minimum absolute atomic E-state index is 0.439. The first-order valence-electron chi connectivity index (χ1n) is 6.93. The number of hydrogen-bond acceptors (Lipinski definition) is 5. The lowest BCUT2D eigenvalue weighted by Gasteiger charge is -2.15. The number of benzene rings is 1. The zero-order chi connectivity index (χ0) is 15.4. The maximum Gasteiger partial charge on any atom is 0.161 e. The van der Waals surface area contributed by atoms with Gasteiger partial charge in [0.15, 0.2) is 11.5 Å². The lowest BCUT2D eigenvalue weighted by Crippen LogP contribution is -2.06. The SMILES string of the molecule is CCOc1ccc(C(O)c2cnn(C)c2N)cc1OCC. The Hall–Kier alpha value is -2.21. The van der Waals surface area contributed by atoms with Crippen LogP contribution >= 0.6 is 0 Å². The van der Waals surface area contributed by atoms with Crippen LogP contribution in [0.5, 0.6) is 11.5 Å². The topological polar surface area (TPSA) is 82.5 Å². The molecule has 1 aromatic heterocycles. The molecule has 2 aromatic rings. The smallest absolute Gasteiger partial charge is 0.161 e. The fourth-order valence-electron chi connectivity index (χ4n) is 2.09. The quantitative estimate of drug-likeness (QED) is 0.849. The summed E-state index contributed by atoms with van der Waals surface area (Å²) >= 11 is 0. The third-order valence-electron chi connectivity index (χ3n) is 3.19. The third-order valence-corrected chi connectivity index (χ3v) is 3.19. The molecule has 0 aliphatic rings. The Balaban J connectivity index is 2.35. The van der Waals surface area contributed by atoms with E-state index in [4.69, 9.17) is 15.2 Å². The summed E-state index contributed by atoms with van der Waals surface area (Å²) in [4.78, 5) is 0. The van der Waals surface area contributed by atoms with E-state index >= 15 is 0 Å². The van der Waals surface area contributed by atoms with Crippen LogP contribution in [-0.2, 0) is 7.05 Å². The summed E-state index contributed by atoms with van der Waals surface area (Å²) < 4.78 is 12.6. The van der Waals surface area contributed by atoms with Crippen molar-refractivity contribution in [1.29, 1.82) is 0 Å². The average Bonchev–Trinajstić information content (AvgIpc) is 2.81. The second kappa shape index (κ2) is 6.49. The van der Waals surface area contributed by atoms with Crippen LogP contribution in [0.1, 0.15) is 31.1 Å². The Morgan fingerprint density at radius 2 is 1.90 bits per heavy atom. The second-order valence-electron chi connectivity index (χ2n) is 4.58. The summed E-state index contributed by atoms with van der Waals surface area (Å²) in [6.45, 7) is 4.89. The van der Waals surface area contributed by atoms with Gasteiger partial charge in [0.2, 0.25) is 0 Å². The Morgan fingerprint density at radius 1 is 1.24 bits per heavy atom. The van der Waals surface area contributed by atoms with Crippen molar-refractivity contribution in [3.63, 3.8) is 0 Å². The van der Waals surface area contributed by atoms with E-state index in [0.717, 1.165) is 0 Å². The van der Waals surface area contributed by atoms with E-state index in [1.54, 1.807) is 31.4 Å². The summed E-state index contributed by atoms with van der Waals surface area (Å²) in [5.74, 6) is 1.71. The molecule has 0 bridgehead atoms. The molecular weight excluding hydrogens is 270 g/mol. The Labute approximate surface area is 124 Å². The third kappa shape index (κ3) is 3.11. The maximum atomic E-state index is 10.5. The van der Waals surface area contributed by atoms with Crippen molar-refractivity contribution in [2.24, 2.45) is 7.05 Å². The van der Waals surface area contributed by atoms with Crippen molar-refractivity contribution >= 4 is 5.82 Å². The molecule has 1 heterocycles. The fourth-order valence-corrected chi connectivity index (χ4v) is 2.09. The largest absolute Gasteiger partial charge is 0.490 e. The molecule has 0 saturated heterocycles. The van der Waals surface area contributed by atoms with Gasteiger partial charge in [0.25, 0.3) is 0 Å². The minimum atomic E-state index is -0.853. The lowest BCUT2D eigenvalue weighted by molar-refractivity contribution is 0.219. The molecule has 0 spiro atoms. The van der Waals surface area contributed by atoms with Gasteiger partial charge >= 0.3 is 0 Å². The van der Waals surface area contributed by atoms with E-state index in [-0.39, 0.29) is 0 Å². The highest BCUT2D eigenvalue weighted by Gasteiger charge is 2.18. The van der Waals surface area contributed by atoms with Gasteiger partial charge in [-0.1, -0.05) is 6.07 Å². The summed E-state index contributed by atoms with van der Waals surface area (Å²) in [5, 5.41) is 14.5. The Morgan fingerprint density at radius 3 is 2.48 bits per heavy atom. The molecule has 0 aliphatic heterocycles. The molecule has 114 valence electrons. The summed E-state index contributed by atoms with van der Waals surface area (Å²) in [5.41, 5.74) is 7.15. The fraction of sp³-hybridized carbons (Fsp3) is 0.400. The van der Waals surface area contributed by atoms with Gasteiger partial charge in [-0.05, 0) is 31.5 Å². The molecule has 0 radical (unpaired) electrons. The Bertz CT molecular complexity index is 610. The van der Waals surface area contributed by atoms with Crippen molar-refractivity contribution < 1.29 is 14.6 Å². The van der Waals surface area contributed by atoms with Crippen LogP contribution in [0.2, 0.25) is 0 Å². The van der Waals surface area contributed by atoms with Crippen LogP contribution in [-0.4, -0.2) is 28.1 Å². The van der Waals surface area contributed by atoms with Crippen molar-refractivity contribution in [3.8, 4) is 11.5 Å². The van der Waals surface area contributed by atoms with E-state index in [1.165, 1.54) is 4.68 Å². The molecule has 6 nitrogen and oxygen atoms in total. The molecule has 1 aromatic carbocycles. The van der Waals surface area contributed by atoms with E-state index in [9.17, 15) is 5.11 Å². The minimum Gasteiger partial charge on any atom is -0.490 e. The lowest BCUT2D eigenvalue weighted by atomic mass is 10.0. The monoisotopic (exact) mass is 291 g/mol. The number of aryl methyl sites for hydroxylation is 1. The van der Waals surface area contributed by atoms with Gasteiger partial charge in [0, 0.05) is 12.6 Å². The van der Waals surface area contributed by atoms with Crippen molar-refractivity contribution in [2.75, 3.05) is 18.9 Å². The maximum absolute atomic E-state index is 10.5. The van der Waals surface area contributed by atoms with Gasteiger partial charge in [0.1, 0.15) is 11.9 Å². The van der Waals surface area contributed by atoms with Crippen LogP contribution in [0.15, 0.2) is 24.4 Å². The van der Waals surface area contributed by atoms with Crippen LogP contribution in [0.25, 0.3) is 0 Å². The van der Waals surface area contributed by atoms with Gasteiger partial charge in [-0.3, -0.25) is 4.68 Å². The average molecular weight is 291 g/mol. The standard InChI is InChI=1S/C15H21N3O3/c1-4-20-12-7-6-10(8-13(12)21-5-2)14(19)11-9-17-18(3)15(11)16/h6-9,14,19H,4-5,16H2,1-3H3. The van der Waals surface area contributed by atoms with Crippen molar-refractivity contribution in [2.45, 2.75) is 20.0 Å². The highest BCUT2D eigenvalue weighted by atomic mass is 16.5. The van der Waals surface area contributed by atoms with Crippen LogP contribution in [0.4, 0.5) is 5.82 Å². The van der Waals surface area contributed by atoms with Gasteiger partial charge < -0.3 is 20.3 Å². The summed E-state index contributed by atoms with van der Waals surface area (Å²) in [6.07, 6.45) is 0.713. The highest BCUT2D eigenvalue weighted by molar-refractivity contribution is 5.49. The van der Waals surface area contributed by atoms with Gasteiger partial charge in [-0.15, -0.1) is 0 Å². The second-order valence-corrected chi connectivity index (χ2v) is 4.58. The molecule has 3 N–H and O–H groups in total. The predicted molar refractivity (Wildman–Crippen MR) is 80.5 cm³/mol. The summed E-state index contributed by atoms with van der Waals surface area (Å²) in [6, 6.07) is 5.36. The first kappa shape index (κ1) is 15.2. The van der Waals surface area contributed by atoms with E-state index in [2.05, 4.69) is 5.10 Å². The molecule has 1 atom stereocenters. The number of aliphatic hydroxyl groups excluding tert-OH is 1. The van der Waals surface area contributed by atoms with E-state index < -0.39 is 6.10 Å². The number of hydrogen-bond donors (Lipinski definition) is 2. The van der Waals surface area contributed by atoms with Gasteiger partial charge in [-0.25, -0.2) is 0 Å². The van der Waals surface area contributed by atoms with E-state index in [1.807, 2.05) is 13.8 Å². The number of nitrogens with two attached hydrogens (primary N) is 1. The van der Waals surface area contributed by atoms with E-state index in [0.29, 0.717) is 41.7 Å². The molecule has 2 rings (SSSR count). The van der Waals surface area contributed by atoms with Crippen LogP contribution in [0, 0.1) is 0 Å². The molecule has 6 heteroatoms. The van der Waals surface area contributed by atoms with Gasteiger partial charge in [-0.2, -0.15) is 5.10 Å². The first-order valence-corrected chi connectivity index (χ1v) is 6.93. The number of aliphatic hydroxyl groups is 1. The van der Waals surface area contributed by atoms with Gasteiger partial charge in [0.05, 0.1) is 19.4 Å². The molecule has 21 heavy (non-hydrogen) atoms. The number of ether oxygens (including phenoxy) is 2. The molecular formula is C15H21N3O3. The highest BCUT2D eigenvalue weighted by Crippen LogP contribution is 2.34.